The molecule has 4 fully saturated rings. The number of rotatable bonds is 15. The van der Waals surface area contributed by atoms with Crippen LogP contribution in [0.25, 0.3) is 0 Å². The van der Waals surface area contributed by atoms with Gasteiger partial charge in [0.05, 0.1) is 50.4 Å². The largest absolute Gasteiger partial charge is 0.465 e. The molecule has 2 amide bonds. The van der Waals surface area contributed by atoms with Gasteiger partial charge in [-0.1, -0.05) is 58.4 Å². The first kappa shape index (κ1) is 32.8. The highest BCUT2D eigenvalue weighted by Gasteiger charge is 2.77. The van der Waals surface area contributed by atoms with Crippen LogP contribution in [0, 0.1) is 11.8 Å². The Hall–Kier alpha value is -2.57. The van der Waals surface area contributed by atoms with Crippen molar-refractivity contribution in [2.45, 2.75) is 54.3 Å². The van der Waals surface area contributed by atoms with Crippen molar-refractivity contribution in [1.82, 2.24) is 14.7 Å². The van der Waals surface area contributed by atoms with Crippen LogP contribution in [-0.2, 0) is 28.6 Å². The van der Waals surface area contributed by atoms with Crippen LogP contribution in [0.2, 0.25) is 0 Å². The van der Waals surface area contributed by atoms with Crippen molar-refractivity contribution in [2.24, 2.45) is 11.8 Å². The summed E-state index contributed by atoms with van der Waals surface area (Å²) < 4.78 is 17.8. The molecule has 1 aromatic carbocycles. The molecule has 10 nitrogen and oxygen atoms in total. The molecule has 44 heavy (non-hydrogen) atoms. The fraction of sp³-hybridized carbons (Fsp3) is 0.606. The minimum absolute atomic E-state index is 0.237. The number of carbonyl (C=O) groups is 3. The van der Waals surface area contributed by atoms with Crippen LogP contribution in [0.3, 0.4) is 0 Å². The maximum absolute atomic E-state index is 14.7. The fourth-order valence-corrected chi connectivity index (χ4v) is 8.29. The van der Waals surface area contributed by atoms with Gasteiger partial charge >= 0.3 is 5.97 Å². The molecular weight excluding hydrogens is 630 g/mol. The van der Waals surface area contributed by atoms with E-state index >= 15 is 0 Å². The number of aliphatic hydroxyl groups is 1. The number of alkyl halides is 1. The van der Waals surface area contributed by atoms with E-state index in [-0.39, 0.29) is 29.8 Å². The van der Waals surface area contributed by atoms with Crippen LogP contribution in [0.5, 0.6) is 0 Å². The number of hydrogen-bond donors (Lipinski definition) is 1. The van der Waals surface area contributed by atoms with Gasteiger partial charge < -0.3 is 29.1 Å². The zero-order valence-corrected chi connectivity index (χ0v) is 26.8. The van der Waals surface area contributed by atoms with Crippen molar-refractivity contribution in [1.29, 1.82) is 0 Å². The van der Waals surface area contributed by atoms with Crippen molar-refractivity contribution in [3.63, 3.8) is 0 Å². The van der Waals surface area contributed by atoms with Gasteiger partial charge in [-0.3, -0.25) is 19.3 Å². The van der Waals surface area contributed by atoms with Gasteiger partial charge in [-0.15, -0.1) is 13.2 Å². The van der Waals surface area contributed by atoms with E-state index in [0.29, 0.717) is 44.7 Å². The van der Waals surface area contributed by atoms with E-state index in [1.165, 1.54) is 4.90 Å². The maximum atomic E-state index is 14.7. The Morgan fingerprint density at radius 2 is 1.93 bits per heavy atom. The Balaban J connectivity index is 1.49. The summed E-state index contributed by atoms with van der Waals surface area (Å²) in [5.74, 6) is -2.90. The summed E-state index contributed by atoms with van der Waals surface area (Å²) in [4.78, 5) is 48.1. The normalized spacial score (nSPS) is 30.2. The van der Waals surface area contributed by atoms with Crippen LogP contribution in [0.4, 0.5) is 0 Å². The molecule has 1 spiro atoms. The van der Waals surface area contributed by atoms with E-state index < -0.39 is 48.2 Å². The average Bonchev–Trinajstić information content (AvgIpc) is 3.63. The number of esters is 1. The van der Waals surface area contributed by atoms with Crippen LogP contribution in [0.15, 0.2) is 55.6 Å². The summed E-state index contributed by atoms with van der Waals surface area (Å²) in [5.41, 5.74) is -0.549. The molecule has 4 heterocycles. The van der Waals surface area contributed by atoms with Crippen molar-refractivity contribution in [2.75, 3.05) is 59.2 Å². The molecule has 0 aromatic heterocycles. The number of likely N-dealkylation sites (tertiary alicyclic amines) is 1. The molecule has 11 heteroatoms. The summed E-state index contributed by atoms with van der Waals surface area (Å²) in [5, 5.41) is 10.7. The number of fused-ring (bicyclic) bond motifs is 1. The van der Waals surface area contributed by atoms with Gasteiger partial charge in [0.25, 0.3) is 0 Å². The monoisotopic (exact) mass is 673 g/mol. The highest BCUT2D eigenvalue weighted by atomic mass is 79.9. The molecule has 4 aliphatic rings. The third-order valence-electron chi connectivity index (χ3n) is 9.42. The van der Waals surface area contributed by atoms with Crippen molar-refractivity contribution in [3.05, 3.63) is 61.2 Å². The summed E-state index contributed by atoms with van der Waals surface area (Å²) in [6, 6.07) is 7.36. The van der Waals surface area contributed by atoms with E-state index in [2.05, 4.69) is 34.0 Å². The highest BCUT2D eigenvalue weighted by molar-refractivity contribution is 9.09. The van der Waals surface area contributed by atoms with E-state index in [1.54, 1.807) is 11.0 Å². The highest BCUT2D eigenvalue weighted by Crippen LogP contribution is 2.61. The third kappa shape index (κ3) is 6.26. The van der Waals surface area contributed by atoms with Gasteiger partial charge in [0.1, 0.15) is 11.6 Å². The summed E-state index contributed by atoms with van der Waals surface area (Å²) in [6.45, 7) is 11.7. The fourth-order valence-electron chi connectivity index (χ4n) is 7.35. The second-order valence-corrected chi connectivity index (χ2v) is 13.2. The lowest BCUT2D eigenvalue weighted by molar-refractivity contribution is -0.156. The Morgan fingerprint density at radius 1 is 1.18 bits per heavy atom. The Morgan fingerprint density at radius 3 is 2.61 bits per heavy atom. The number of halogens is 1. The second-order valence-electron chi connectivity index (χ2n) is 12.0. The van der Waals surface area contributed by atoms with Crippen molar-refractivity contribution in [3.8, 4) is 0 Å². The second kappa shape index (κ2) is 14.7. The number of aliphatic hydroxyl groups excluding tert-OH is 1. The lowest BCUT2D eigenvalue weighted by atomic mass is 9.70. The maximum Gasteiger partial charge on any atom is 0.312 e. The summed E-state index contributed by atoms with van der Waals surface area (Å²) in [6.07, 6.45) is 5.64. The molecule has 240 valence electrons. The van der Waals surface area contributed by atoms with Gasteiger partial charge in [-0.2, -0.15) is 0 Å². The van der Waals surface area contributed by atoms with Crippen LogP contribution in [0.1, 0.15) is 37.3 Å². The summed E-state index contributed by atoms with van der Waals surface area (Å²) in [7, 11) is 0. The molecule has 1 aromatic rings. The number of allylic oxidation sites excluding steroid dienone is 1. The lowest BCUT2D eigenvalue weighted by Gasteiger charge is -2.40. The molecule has 7 atom stereocenters. The Kier molecular flexibility index (Phi) is 10.9. The number of amides is 2. The van der Waals surface area contributed by atoms with Gasteiger partial charge in [-0.25, -0.2) is 0 Å². The summed E-state index contributed by atoms with van der Waals surface area (Å²) >= 11 is 3.72. The number of unbranched alkanes of at least 4 members (excludes halogenated alkanes) is 2. The standard InChI is InChI=1S/C33H44BrN3O7/c1-3-5-6-10-18-43-32(41)26-27-30(39)37(25(22-38)23-11-8-7-9-12-23)29(33(27)21-24(34)28(26)44-33)31(40)36(13-4-2)15-14-35-16-19-42-20-17-35/h3-4,7-9,11-12,24-29,38H,1-2,5-6,10,13-22H2/t24?,25-,26-,27+,28-,29?,33?/m1/s1. The lowest BCUT2D eigenvalue weighted by Crippen LogP contribution is -2.58. The topological polar surface area (TPSA) is 109 Å². The number of benzene rings is 1. The average molecular weight is 675 g/mol. The molecule has 4 aliphatic heterocycles. The van der Waals surface area contributed by atoms with Gasteiger partial charge in [0.2, 0.25) is 11.8 Å². The van der Waals surface area contributed by atoms with Gasteiger partial charge in [0, 0.05) is 37.6 Å². The van der Waals surface area contributed by atoms with Crippen LogP contribution in [-0.4, -0.2) is 119 Å². The van der Waals surface area contributed by atoms with Crippen LogP contribution < -0.4 is 0 Å². The molecule has 5 rings (SSSR count). The van der Waals surface area contributed by atoms with E-state index in [0.717, 1.165) is 25.9 Å². The van der Waals surface area contributed by atoms with Gasteiger partial charge in [0.15, 0.2) is 0 Å². The van der Waals surface area contributed by atoms with Crippen molar-refractivity contribution < 1.29 is 33.7 Å². The number of ether oxygens (including phenoxy) is 3. The first-order chi connectivity index (χ1) is 21.4. The third-order valence-corrected chi connectivity index (χ3v) is 10.3. The minimum atomic E-state index is -1.25. The smallest absolute Gasteiger partial charge is 0.312 e. The molecule has 0 saturated carbocycles. The van der Waals surface area contributed by atoms with Crippen molar-refractivity contribution >= 4 is 33.7 Å². The Bertz CT molecular complexity index is 1200. The number of hydrogen-bond acceptors (Lipinski definition) is 8. The molecule has 0 radical (unpaired) electrons. The van der Waals surface area contributed by atoms with E-state index in [9.17, 15) is 19.5 Å². The van der Waals surface area contributed by atoms with Crippen LogP contribution >= 0.6 is 15.9 Å². The van der Waals surface area contributed by atoms with E-state index in [1.807, 2.05) is 36.4 Å². The first-order valence-electron chi connectivity index (χ1n) is 15.6. The molecule has 3 unspecified atom stereocenters. The van der Waals surface area contributed by atoms with E-state index in [4.69, 9.17) is 14.2 Å². The predicted octanol–water partition coefficient (Wildman–Crippen LogP) is 2.71. The zero-order chi connectivity index (χ0) is 31.3. The molecule has 0 aliphatic carbocycles. The predicted molar refractivity (Wildman–Crippen MR) is 168 cm³/mol. The quantitative estimate of drug-likeness (QED) is 0.131. The number of nitrogens with zero attached hydrogens (tertiary/aromatic N) is 3. The first-order valence-corrected chi connectivity index (χ1v) is 16.6. The SMILES string of the molecule is C=CCCCCOC(=O)[C@H]1[C@@H]2OC3(CC2Br)C(C(=O)N(CC=C)CCN2CCOCC2)N([C@H](CO)c2ccccc2)C(=O)[C@H]13. The number of carbonyl (C=O) groups excluding carboxylic acids is 3. The molecular formula is C33H44BrN3O7. The van der Waals surface area contributed by atoms with Gasteiger partial charge in [-0.05, 0) is 31.2 Å². The molecule has 1 N–H and O–H groups in total. The number of morpholine rings is 1. The zero-order valence-electron chi connectivity index (χ0n) is 25.2. The molecule has 2 bridgehead atoms. The Labute approximate surface area is 268 Å². The minimum Gasteiger partial charge on any atom is -0.465 e. The molecule has 4 saturated heterocycles.